The summed E-state index contributed by atoms with van der Waals surface area (Å²) in [5, 5.41) is 2.56. The van der Waals surface area contributed by atoms with Crippen LogP contribution < -0.4 is 8.85 Å². The van der Waals surface area contributed by atoms with Gasteiger partial charge in [0.05, 0.1) is 22.9 Å². The molecule has 0 unspecified atom stereocenters. The zero-order valence-corrected chi connectivity index (χ0v) is 9.32. The van der Waals surface area contributed by atoms with E-state index in [1.165, 1.54) is 0 Å². The molecule has 1 aromatic heterocycles. The van der Waals surface area contributed by atoms with Crippen molar-refractivity contribution < 1.29 is 9.59 Å². The van der Waals surface area contributed by atoms with Gasteiger partial charge in [0.15, 0.2) is 0 Å². The van der Waals surface area contributed by atoms with Gasteiger partial charge >= 0.3 is 0 Å². The summed E-state index contributed by atoms with van der Waals surface area (Å²) in [4.78, 5) is 25.8. The Kier molecular flexibility index (Phi) is 4.30. The van der Waals surface area contributed by atoms with Crippen LogP contribution in [-0.2, 0) is 9.59 Å². The van der Waals surface area contributed by atoms with Gasteiger partial charge in [-0.2, -0.15) is 0 Å². The number of carbonyl (C=O) groups is 2. The molecule has 1 heterocycles. The van der Waals surface area contributed by atoms with Gasteiger partial charge in [0.2, 0.25) is 11.8 Å². The van der Waals surface area contributed by atoms with Crippen molar-refractivity contribution in [2.75, 3.05) is 5.32 Å². The Morgan fingerprint density at radius 2 is 1.93 bits per heavy atom. The van der Waals surface area contributed by atoms with Crippen molar-refractivity contribution in [2.24, 2.45) is 0 Å². The van der Waals surface area contributed by atoms with E-state index in [1.807, 2.05) is 0 Å². The number of halogens is 1. The fourth-order valence-corrected chi connectivity index (χ4v) is 1.01. The zero-order chi connectivity index (χ0) is 10.4. The van der Waals surface area contributed by atoms with Gasteiger partial charge in [-0.1, -0.05) is 0 Å². The molecule has 0 aliphatic carbocycles. The van der Waals surface area contributed by atoms with Crippen molar-refractivity contribution in [1.82, 2.24) is 8.51 Å². The monoisotopic (exact) mass is 305 g/mol. The normalized spacial score (nSPS) is 9.21. The minimum absolute atomic E-state index is 0.175. The van der Waals surface area contributed by atoms with Gasteiger partial charge in [-0.25, -0.2) is 0 Å². The van der Waals surface area contributed by atoms with Crippen molar-refractivity contribution in [1.29, 1.82) is 0 Å². The number of rotatable bonds is 3. The molecule has 1 rings (SSSR count). The van der Waals surface area contributed by atoms with Gasteiger partial charge in [-0.05, 0) is 12.1 Å². The molecule has 2 N–H and O–H groups in total. The second-order valence-corrected chi connectivity index (χ2v) is 3.02. The Morgan fingerprint density at radius 1 is 1.29 bits per heavy atom. The Labute approximate surface area is 94.8 Å². The minimum Gasteiger partial charge on any atom is -0.326 e. The predicted molar refractivity (Wildman–Crippen MR) is 59.6 cm³/mol. The minimum atomic E-state index is -0.342. The lowest BCUT2D eigenvalue weighted by Gasteiger charge is -2.02. The molecule has 0 atom stereocenters. The van der Waals surface area contributed by atoms with E-state index < -0.39 is 0 Å². The van der Waals surface area contributed by atoms with E-state index in [0.29, 0.717) is 5.69 Å². The average Bonchev–Trinajstić information content (AvgIpc) is 2.19. The highest BCUT2D eigenvalue weighted by molar-refractivity contribution is 14.1. The summed E-state index contributed by atoms with van der Waals surface area (Å²) in [6.07, 6.45) is 2.95. The number of aromatic nitrogens is 1. The van der Waals surface area contributed by atoms with Crippen molar-refractivity contribution in [3.63, 3.8) is 0 Å². The quantitative estimate of drug-likeness (QED) is 0.495. The van der Waals surface area contributed by atoms with Crippen LogP contribution in [0.25, 0.3) is 0 Å². The topological polar surface area (TPSA) is 71.1 Å². The number of nitrogens with zero attached hydrogens (tertiary/aromatic N) is 1. The largest absolute Gasteiger partial charge is 0.326 e. The van der Waals surface area contributed by atoms with Gasteiger partial charge in [-0.3, -0.25) is 18.1 Å². The molecule has 74 valence electrons. The number of hydrogen-bond donors (Lipinski definition) is 2. The van der Waals surface area contributed by atoms with Crippen LogP contribution in [0, 0.1) is 0 Å². The van der Waals surface area contributed by atoms with E-state index in [0.717, 1.165) is 0 Å². The van der Waals surface area contributed by atoms with E-state index in [4.69, 9.17) is 0 Å². The van der Waals surface area contributed by atoms with E-state index in [1.54, 1.807) is 47.4 Å². The molecule has 0 aliphatic heterocycles. The van der Waals surface area contributed by atoms with Crippen LogP contribution in [0.1, 0.15) is 6.42 Å². The lowest BCUT2D eigenvalue weighted by atomic mass is 10.3. The van der Waals surface area contributed by atoms with E-state index in [-0.39, 0.29) is 18.2 Å². The Balaban J connectivity index is 2.46. The third kappa shape index (κ3) is 3.69. The molecule has 0 fully saturated rings. The number of anilines is 1. The van der Waals surface area contributed by atoms with Crippen molar-refractivity contribution in [2.45, 2.75) is 6.42 Å². The highest BCUT2D eigenvalue weighted by Gasteiger charge is 2.07. The van der Waals surface area contributed by atoms with Crippen LogP contribution in [-0.4, -0.2) is 16.8 Å². The van der Waals surface area contributed by atoms with E-state index >= 15 is 0 Å². The molecule has 0 aliphatic rings. The standard InChI is InChI=1S/C8H8IN3O2/c9-12-8(14)5-7(13)11-6-1-3-10-4-2-6/h1-4H,5H2,(H,12,14)(H,10,11,13). The zero-order valence-electron chi connectivity index (χ0n) is 7.16. The fraction of sp³-hybridized carbons (Fsp3) is 0.125. The summed E-state index contributed by atoms with van der Waals surface area (Å²) in [7, 11) is 0. The highest BCUT2D eigenvalue weighted by Crippen LogP contribution is 2.03. The number of nitrogens with one attached hydrogen (secondary N) is 2. The molecule has 6 heteroatoms. The molecule has 0 radical (unpaired) electrons. The van der Waals surface area contributed by atoms with E-state index in [9.17, 15) is 9.59 Å². The maximum absolute atomic E-state index is 11.2. The second-order valence-electron chi connectivity index (χ2n) is 2.48. The fourth-order valence-electron chi connectivity index (χ4n) is 0.820. The molecular weight excluding hydrogens is 297 g/mol. The van der Waals surface area contributed by atoms with Crippen LogP contribution in [0.2, 0.25) is 0 Å². The van der Waals surface area contributed by atoms with Crippen LogP contribution in [0.15, 0.2) is 24.5 Å². The lowest BCUT2D eigenvalue weighted by molar-refractivity contribution is -0.125. The molecule has 2 amide bonds. The van der Waals surface area contributed by atoms with Crippen LogP contribution >= 0.6 is 22.9 Å². The van der Waals surface area contributed by atoms with Gasteiger partial charge in [-0.15, -0.1) is 0 Å². The summed E-state index contributed by atoms with van der Waals surface area (Å²) in [5.74, 6) is -0.664. The molecule has 5 nitrogen and oxygen atoms in total. The summed E-state index contributed by atoms with van der Waals surface area (Å²) in [5.41, 5.74) is 0.631. The van der Waals surface area contributed by atoms with Gasteiger partial charge in [0.1, 0.15) is 6.42 Å². The van der Waals surface area contributed by atoms with Crippen molar-refractivity contribution in [3.05, 3.63) is 24.5 Å². The smallest absolute Gasteiger partial charge is 0.238 e. The van der Waals surface area contributed by atoms with Crippen LogP contribution in [0.5, 0.6) is 0 Å². The SMILES string of the molecule is O=C(CC(=O)Nc1ccncc1)NI. The maximum Gasteiger partial charge on any atom is 0.238 e. The third-order valence-corrected chi connectivity index (χ3v) is 1.99. The molecule has 0 saturated heterocycles. The van der Waals surface area contributed by atoms with Crippen LogP contribution in [0.3, 0.4) is 0 Å². The lowest BCUT2D eigenvalue weighted by Crippen LogP contribution is -2.21. The number of pyridine rings is 1. The first-order valence-electron chi connectivity index (χ1n) is 3.81. The summed E-state index contributed by atoms with van der Waals surface area (Å²) < 4.78 is 2.34. The van der Waals surface area contributed by atoms with Gasteiger partial charge in [0.25, 0.3) is 0 Å². The molecule has 0 aromatic carbocycles. The summed E-state index contributed by atoms with van der Waals surface area (Å²) in [6.45, 7) is 0. The van der Waals surface area contributed by atoms with E-state index in [2.05, 4.69) is 13.8 Å². The van der Waals surface area contributed by atoms with Crippen LogP contribution in [0.4, 0.5) is 5.69 Å². The van der Waals surface area contributed by atoms with Gasteiger partial charge < -0.3 is 5.32 Å². The first-order valence-corrected chi connectivity index (χ1v) is 4.89. The van der Waals surface area contributed by atoms with Crippen molar-refractivity contribution in [3.8, 4) is 0 Å². The Bertz CT molecular complexity index is 329. The number of hydrogen-bond acceptors (Lipinski definition) is 3. The van der Waals surface area contributed by atoms with Gasteiger partial charge in [0, 0.05) is 18.1 Å². The Morgan fingerprint density at radius 3 is 2.50 bits per heavy atom. The maximum atomic E-state index is 11.2. The predicted octanol–water partition coefficient (Wildman–Crippen LogP) is 0.876. The molecule has 14 heavy (non-hydrogen) atoms. The summed E-state index contributed by atoms with van der Waals surface area (Å²) >= 11 is 1.69. The molecule has 0 saturated carbocycles. The van der Waals surface area contributed by atoms with Crippen molar-refractivity contribution >= 4 is 40.4 Å². The molecule has 0 spiro atoms. The average molecular weight is 305 g/mol. The first-order chi connectivity index (χ1) is 6.72. The highest BCUT2D eigenvalue weighted by atomic mass is 127. The molecular formula is C8H8IN3O2. The first kappa shape index (κ1) is 10.9. The number of carbonyl (C=O) groups excluding carboxylic acids is 2. The summed E-state index contributed by atoms with van der Waals surface area (Å²) in [6, 6.07) is 3.31. The Hall–Kier alpha value is -1.18. The third-order valence-electron chi connectivity index (χ3n) is 1.39. The second kappa shape index (κ2) is 5.53. The number of amides is 2. The molecule has 0 bridgehead atoms. The molecule has 1 aromatic rings.